The molecule has 0 atom stereocenters. The molecule has 0 spiro atoms. The second-order valence-electron chi connectivity index (χ2n) is 3.72. The van der Waals surface area contributed by atoms with E-state index in [1.165, 1.54) is 12.1 Å². The lowest BCUT2D eigenvalue weighted by atomic mass is 10.2. The van der Waals surface area contributed by atoms with Crippen molar-refractivity contribution in [3.63, 3.8) is 0 Å². The Morgan fingerprint density at radius 1 is 1.21 bits per heavy atom. The van der Waals surface area contributed by atoms with Gasteiger partial charge in [0.2, 0.25) is 0 Å². The molecule has 0 unspecified atom stereocenters. The Balaban J connectivity index is 2.32. The van der Waals surface area contributed by atoms with Crippen molar-refractivity contribution in [1.29, 1.82) is 0 Å². The molecule has 2 N–H and O–H groups in total. The summed E-state index contributed by atoms with van der Waals surface area (Å²) in [5.74, 6) is -0.538. The predicted molar refractivity (Wildman–Crippen MR) is 85.2 cm³/mol. The number of amides is 1. The second-order valence-corrected chi connectivity index (χ2v) is 5.72. The van der Waals surface area contributed by atoms with Gasteiger partial charge in [0.1, 0.15) is 0 Å². The van der Waals surface area contributed by atoms with Crippen LogP contribution in [0.5, 0.6) is 5.75 Å². The highest BCUT2D eigenvalue weighted by Gasteiger charge is 2.14. The van der Waals surface area contributed by atoms with Crippen LogP contribution in [0.25, 0.3) is 0 Å². The van der Waals surface area contributed by atoms with Crippen LogP contribution in [-0.2, 0) is 0 Å². The molecule has 0 aliphatic heterocycles. The number of phenols is 1. The van der Waals surface area contributed by atoms with Crippen LogP contribution in [0.15, 0.2) is 36.4 Å². The van der Waals surface area contributed by atoms with E-state index in [9.17, 15) is 9.90 Å². The standard InChI is InChI=1S/C13H8Cl2INO2/c14-7-5-9(15)12(18)11(6-7)17-13(19)8-3-1-2-4-10(8)16/h1-6,18H,(H,17,19). The fraction of sp³-hybridized carbons (Fsp3) is 0. The number of anilines is 1. The van der Waals surface area contributed by atoms with Crippen molar-refractivity contribution in [2.75, 3.05) is 5.32 Å². The van der Waals surface area contributed by atoms with E-state index < -0.39 is 0 Å². The molecule has 0 aliphatic carbocycles. The van der Waals surface area contributed by atoms with Gasteiger partial charge < -0.3 is 10.4 Å². The van der Waals surface area contributed by atoms with Crippen molar-refractivity contribution in [2.24, 2.45) is 0 Å². The average Bonchev–Trinajstić information content (AvgIpc) is 2.35. The Bertz CT molecular complexity index is 647. The Morgan fingerprint density at radius 2 is 1.89 bits per heavy atom. The normalized spacial score (nSPS) is 10.3. The maximum atomic E-state index is 12.1. The lowest BCUT2D eigenvalue weighted by Gasteiger charge is -2.10. The van der Waals surface area contributed by atoms with Crippen LogP contribution in [0.2, 0.25) is 10.0 Å². The van der Waals surface area contributed by atoms with Crippen LogP contribution in [0.1, 0.15) is 10.4 Å². The second kappa shape index (κ2) is 5.98. The summed E-state index contributed by atoms with van der Waals surface area (Å²) in [4.78, 5) is 12.1. The van der Waals surface area contributed by atoms with E-state index >= 15 is 0 Å². The van der Waals surface area contributed by atoms with Gasteiger partial charge in [-0.1, -0.05) is 35.3 Å². The maximum absolute atomic E-state index is 12.1. The number of halogens is 3. The maximum Gasteiger partial charge on any atom is 0.256 e. The molecule has 2 aromatic rings. The SMILES string of the molecule is O=C(Nc1cc(Cl)cc(Cl)c1O)c1ccccc1I. The number of benzene rings is 2. The van der Waals surface area contributed by atoms with Crippen molar-refractivity contribution < 1.29 is 9.90 Å². The quantitative estimate of drug-likeness (QED) is 0.566. The number of phenolic OH excluding ortho intramolecular Hbond substituents is 1. The number of aromatic hydroxyl groups is 1. The summed E-state index contributed by atoms with van der Waals surface area (Å²) in [5.41, 5.74) is 0.695. The molecule has 2 aromatic carbocycles. The summed E-state index contributed by atoms with van der Waals surface area (Å²) < 4.78 is 0.810. The van der Waals surface area contributed by atoms with Crippen molar-refractivity contribution in [3.8, 4) is 5.75 Å². The van der Waals surface area contributed by atoms with E-state index in [0.717, 1.165) is 3.57 Å². The largest absolute Gasteiger partial charge is 0.504 e. The summed E-state index contributed by atoms with van der Waals surface area (Å²) in [5, 5.41) is 12.8. The van der Waals surface area contributed by atoms with Crippen molar-refractivity contribution in [1.82, 2.24) is 0 Å². The van der Waals surface area contributed by atoms with E-state index in [1.807, 2.05) is 12.1 Å². The monoisotopic (exact) mass is 407 g/mol. The van der Waals surface area contributed by atoms with Crippen molar-refractivity contribution in [3.05, 3.63) is 55.6 Å². The third-order valence-corrected chi connectivity index (χ3v) is 3.84. The number of carbonyl (C=O) groups is 1. The number of nitrogens with one attached hydrogen (secondary N) is 1. The topological polar surface area (TPSA) is 49.3 Å². The van der Waals surface area contributed by atoms with E-state index in [-0.39, 0.29) is 22.4 Å². The third-order valence-electron chi connectivity index (χ3n) is 2.39. The summed E-state index contributed by atoms with van der Waals surface area (Å²) in [6, 6.07) is 9.96. The fourth-order valence-electron chi connectivity index (χ4n) is 1.50. The van der Waals surface area contributed by atoms with E-state index in [4.69, 9.17) is 23.2 Å². The van der Waals surface area contributed by atoms with Crippen LogP contribution in [-0.4, -0.2) is 11.0 Å². The lowest BCUT2D eigenvalue weighted by molar-refractivity contribution is 0.102. The first-order valence-electron chi connectivity index (χ1n) is 5.23. The minimum Gasteiger partial charge on any atom is -0.504 e. The van der Waals surface area contributed by atoms with Gasteiger partial charge in [0.05, 0.1) is 16.3 Å². The van der Waals surface area contributed by atoms with E-state index in [1.54, 1.807) is 12.1 Å². The molecule has 0 aromatic heterocycles. The molecule has 6 heteroatoms. The number of hydrogen-bond acceptors (Lipinski definition) is 2. The first-order chi connectivity index (χ1) is 8.99. The average molecular weight is 408 g/mol. The molecule has 0 heterocycles. The fourth-order valence-corrected chi connectivity index (χ4v) is 2.62. The molecule has 0 saturated carbocycles. The molecule has 1 amide bonds. The number of rotatable bonds is 2. The minimum absolute atomic E-state index is 0.0885. The van der Waals surface area contributed by atoms with Crippen molar-refractivity contribution >= 4 is 57.4 Å². The van der Waals surface area contributed by atoms with Crippen LogP contribution in [0, 0.1) is 3.57 Å². The van der Waals surface area contributed by atoms with Crippen LogP contribution in [0.4, 0.5) is 5.69 Å². The Kier molecular flexibility index (Phi) is 4.54. The Hall–Kier alpha value is -0.980. The van der Waals surface area contributed by atoms with Gasteiger partial charge in [0, 0.05) is 8.59 Å². The number of carbonyl (C=O) groups excluding carboxylic acids is 1. The lowest BCUT2D eigenvalue weighted by Crippen LogP contribution is -2.13. The third kappa shape index (κ3) is 3.32. The molecule has 0 saturated heterocycles. The zero-order valence-corrected chi connectivity index (χ0v) is 13.1. The summed E-state index contributed by atoms with van der Waals surface area (Å²) in [6.45, 7) is 0. The molecule has 19 heavy (non-hydrogen) atoms. The summed E-state index contributed by atoms with van der Waals surface area (Å²) >= 11 is 13.7. The first-order valence-corrected chi connectivity index (χ1v) is 7.06. The first kappa shape index (κ1) is 14.4. The molecule has 0 bridgehead atoms. The van der Waals surface area contributed by atoms with Gasteiger partial charge in [-0.25, -0.2) is 0 Å². The molecule has 0 aliphatic rings. The van der Waals surface area contributed by atoms with Gasteiger partial charge in [-0.3, -0.25) is 4.79 Å². The molecule has 0 fully saturated rings. The molecule has 98 valence electrons. The van der Waals surface area contributed by atoms with Crippen LogP contribution in [0.3, 0.4) is 0 Å². The highest BCUT2D eigenvalue weighted by atomic mass is 127. The van der Waals surface area contributed by atoms with Gasteiger partial charge in [-0.05, 0) is 46.9 Å². The zero-order chi connectivity index (χ0) is 14.0. The zero-order valence-electron chi connectivity index (χ0n) is 9.45. The predicted octanol–water partition coefficient (Wildman–Crippen LogP) is 4.56. The van der Waals surface area contributed by atoms with Gasteiger partial charge in [-0.2, -0.15) is 0 Å². The Labute approximate surface area is 133 Å². The van der Waals surface area contributed by atoms with E-state index in [2.05, 4.69) is 27.9 Å². The summed E-state index contributed by atoms with van der Waals surface area (Å²) in [6.07, 6.45) is 0. The summed E-state index contributed by atoms with van der Waals surface area (Å²) in [7, 11) is 0. The molecule has 0 radical (unpaired) electrons. The number of hydrogen-bond donors (Lipinski definition) is 2. The van der Waals surface area contributed by atoms with Crippen LogP contribution >= 0.6 is 45.8 Å². The highest BCUT2D eigenvalue weighted by molar-refractivity contribution is 14.1. The molecular weight excluding hydrogens is 400 g/mol. The van der Waals surface area contributed by atoms with E-state index in [0.29, 0.717) is 10.6 Å². The van der Waals surface area contributed by atoms with Gasteiger partial charge in [0.25, 0.3) is 5.91 Å². The van der Waals surface area contributed by atoms with Gasteiger partial charge in [-0.15, -0.1) is 0 Å². The molecule has 2 rings (SSSR count). The molecular formula is C13H8Cl2INO2. The minimum atomic E-state index is -0.335. The molecule has 3 nitrogen and oxygen atoms in total. The van der Waals surface area contributed by atoms with Gasteiger partial charge >= 0.3 is 0 Å². The highest BCUT2D eigenvalue weighted by Crippen LogP contribution is 2.35. The van der Waals surface area contributed by atoms with Gasteiger partial charge in [0.15, 0.2) is 5.75 Å². The van der Waals surface area contributed by atoms with Crippen LogP contribution < -0.4 is 5.32 Å². The Morgan fingerprint density at radius 3 is 2.58 bits per heavy atom. The smallest absolute Gasteiger partial charge is 0.256 e. The van der Waals surface area contributed by atoms with Crippen molar-refractivity contribution in [2.45, 2.75) is 0 Å².